The van der Waals surface area contributed by atoms with Crippen LogP contribution in [0.5, 0.6) is 5.75 Å². The highest BCUT2D eigenvalue weighted by molar-refractivity contribution is 5.95. The second kappa shape index (κ2) is 7.99. The van der Waals surface area contributed by atoms with E-state index < -0.39 is 5.91 Å². The Kier molecular flexibility index (Phi) is 5.51. The number of carbonyl (C=O) groups is 2. The predicted octanol–water partition coefficient (Wildman–Crippen LogP) is 3.06. The number of hydrogen-bond acceptors (Lipinski definition) is 3. The number of ether oxygens (including phenoxy) is 1. The van der Waals surface area contributed by atoms with Crippen molar-refractivity contribution in [2.45, 2.75) is 25.3 Å². The summed E-state index contributed by atoms with van der Waals surface area (Å²) in [7, 11) is 0. The van der Waals surface area contributed by atoms with Gasteiger partial charge in [0.1, 0.15) is 11.6 Å². The molecule has 1 fully saturated rings. The van der Waals surface area contributed by atoms with Crippen LogP contribution < -0.4 is 10.5 Å². The molecule has 2 N–H and O–H groups in total. The van der Waals surface area contributed by atoms with Gasteiger partial charge in [-0.3, -0.25) is 9.59 Å². The molecule has 0 bridgehead atoms. The third-order valence-corrected chi connectivity index (χ3v) is 4.48. The average molecular weight is 356 g/mol. The van der Waals surface area contributed by atoms with E-state index in [4.69, 9.17) is 10.5 Å². The third kappa shape index (κ3) is 4.20. The number of carbonyl (C=O) groups excluding carboxylic acids is 2. The van der Waals surface area contributed by atoms with Gasteiger partial charge in [-0.25, -0.2) is 4.39 Å². The lowest BCUT2D eigenvalue weighted by Gasteiger charge is -2.36. The summed E-state index contributed by atoms with van der Waals surface area (Å²) in [5, 5.41) is 0. The lowest BCUT2D eigenvalue weighted by atomic mass is 9.94. The fraction of sp³-hybridized carbons (Fsp3) is 0.300. The summed E-state index contributed by atoms with van der Waals surface area (Å²) in [5.41, 5.74) is 6.50. The Morgan fingerprint density at radius 3 is 2.65 bits per heavy atom. The molecule has 0 aromatic heterocycles. The molecule has 0 radical (unpaired) electrons. The maximum absolute atomic E-state index is 13.2. The summed E-state index contributed by atoms with van der Waals surface area (Å²) in [4.78, 5) is 25.7. The third-order valence-electron chi connectivity index (χ3n) is 4.48. The van der Waals surface area contributed by atoms with Crippen molar-refractivity contribution in [3.05, 3.63) is 65.5 Å². The van der Waals surface area contributed by atoms with E-state index in [2.05, 4.69) is 0 Å². The summed E-state index contributed by atoms with van der Waals surface area (Å²) in [6.45, 7) is 0.410. The highest BCUT2D eigenvalue weighted by Gasteiger charge is 2.28. The molecule has 0 aliphatic carbocycles. The molecule has 0 saturated carbocycles. The Balaban J connectivity index is 1.81. The van der Waals surface area contributed by atoms with Crippen molar-refractivity contribution in [1.29, 1.82) is 0 Å². The van der Waals surface area contributed by atoms with Gasteiger partial charge in [-0.15, -0.1) is 0 Å². The maximum atomic E-state index is 13.2. The number of nitrogens with zero attached hydrogens (tertiary/aromatic N) is 1. The predicted molar refractivity (Wildman–Crippen MR) is 95.2 cm³/mol. The van der Waals surface area contributed by atoms with Crippen LogP contribution in [0.3, 0.4) is 0 Å². The van der Waals surface area contributed by atoms with E-state index in [1.165, 1.54) is 12.1 Å². The van der Waals surface area contributed by atoms with E-state index >= 15 is 0 Å². The summed E-state index contributed by atoms with van der Waals surface area (Å²) in [6.07, 6.45) is 2.80. The highest BCUT2D eigenvalue weighted by Crippen LogP contribution is 2.32. The first-order valence-electron chi connectivity index (χ1n) is 8.62. The summed E-state index contributed by atoms with van der Waals surface area (Å²) >= 11 is 0. The number of rotatable bonds is 5. The number of amides is 2. The van der Waals surface area contributed by atoms with Crippen molar-refractivity contribution in [3.63, 3.8) is 0 Å². The maximum Gasteiger partial charge on any atom is 0.255 e. The average Bonchev–Trinajstić information content (AvgIpc) is 2.67. The number of nitrogens with two attached hydrogens (primary N) is 1. The Bertz CT molecular complexity index is 792. The molecule has 5 nitrogen and oxygen atoms in total. The van der Waals surface area contributed by atoms with Crippen LogP contribution in [0.15, 0.2) is 48.5 Å². The van der Waals surface area contributed by atoms with E-state index in [9.17, 15) is 14.0 Å². The van der Waals surface area contributed by atoms with Gasteiger partial charge in [0.25, 0.3) is 11.8 Å². The van der Waals surface area contributed by atoms with Crippen molar-refractivity contribution in [2.24, 2.45) is 5.73 Å². The standard InChI is InChI=1S/C20H21FN2O3/c21-16-9-7-14(8-10-16)18-6-1-2-11-23(18)20(25)15-4-3-5-17(12-15)26-13-19(22)24/h3-5,7-10,12,18H,1-2,6,11,13H2,(H2,22,24)/t18-/m0/s1. The van der Waals surface area contributed by atoms with E-state index in [0.717, 1.165) is 24.8 Å². The van der Waals surface area contributed by atoms with Crippen LogP contribution in [0.2, 0.25) is 0 Å². The van der Waals surface area contributed by atoms with Gasteiger partial charge in [-0.1, -0.05) is 18.2 Å². The van der Waals surface area contributed by atoms with Crippen molar-refractivity contribution < 1.29 is 18.7 Å². The zero-order valence-electron chi connectivity index (χ0n) is 14.4. The number of halogens is 1. The molecule has 1 heterocycles. The van der Waals surface area contributed by atoms with Gasteiger partial charge < -0.3 is 15.4 Å². The van der Waals surface area contributed by atoms with Gasteiger partial charge in [0.05, 0.1) is 6.04 Å². The minimum absolute atomic E-state index is 0.0768. The van der Waals surface area contributed by atoms with E-state index in [-0.39, 0.29) is 24.4 Å². The number of likely N-dealkylation sites (tertiary alicyclic amines) is 1. The van der Waals surface area contributed by atoms with Crippen LogP contribution in [0.4, 0.5) is 4.39 Å². The molecule has 2 aromatic carbocycles. The molecule has 0 spiro atoms. The van der Waals surface area contributed by atoms with E-state index in [1.54, 1.807) is 36.4 Å². The van der Waals surface area contributed by atoms with Crippen LogP contribution in [0.25, 0.3) is 0 Å². The Morgan fingerprint density at radius 1 is 1.15 bits per heavy atom. The largest absolute Gasteiger partial charge is 0.484 e. The summed E-state index contributed by atoms with van der Waals surface area (Å²) in [5.74, 6) is -0.551. The van der Waals surface area contributed by atoms with Gasteiger partial charge in [-0.05, 0) is 55.2 Å². The second-order valence-electron chi connectivity index (χ2n) is 6.34. The molecule has 26 heavy (non-hydrogen) atoms. The minimum atomic E-state index is -0.575. The number of primary amides is 1. The molecule has 2 amide bonds. The van der Waals surface area contributed by atoms with Crippen molar-refractivity contribution >= 4 is 11.8 Å². The molecule has 3 rings (SSSR count). The zero-order valence-corrected chi connectivity index (χ0v) is 14.4. The second-order valence-corrected chi connectivity index (χ2v) is 6.34. The first kappa shape index (κ1) is 17.9. The quantitative estimate of drug-likeness (QED) is 0.895. The van der Waals surface area contributed by atoms with Crippen molar-refractivity contribution in [3.8, 4) is 5.75 Å². The van der Waals surface area contributed by atoms with Crippen LogP contribution in [-0.2, 0) is 4.79 Å². The van der Waals surface area contributed by atoms with Gasteiger partial charge >= 0.3 is 0 Å². The first-order valence-corrected chi connectivity index (χ1v) is 8.62. The van der Waals surface area contributed by atoms with Crippen LogP contribution in [-0.4, -0.2) is 29.9 Å². The lowest BCUT2D eigenvalue weighted by Crippen LogP contribution is -2.38. The Hall–Kier alpha value is -2.89. The smallest absolute Gasteiger partial charge is 0.255 e. The SMILES string of the molecule is NC(=O)COc1cccc(C(=O)N2CCCC[C@H]2c2ccc(F)cc2)c1. The number of benzene rings is 2. The highest BCUT2D eigenvalue weighted by atomic mass is 19.1. The van der Waals surface area contributed by atoms with Gasteiger partial charge in [0.2, 0.25) is 0 Å². The molecule has 1 atom stereocenters. The topological polar surface area (TPSA) is 72.6 Å². The molecule has 1 aliphatic rings. The van der Waals surface area contributed by atoms with Crippen molar-refractivity contribution in [1.82, 2.24) is 4.90 Å². The van der Waals surface area contributed by atoms with Crippen molar-refractivity contribution in [2.75, 3.05) is 13.2 Å². The molecule has 2 aromatic rings. The molecule has 136 valence electrons. The van der Waals surface area contributed by atoms with E-state index in [1.807, 2.05) is 4.90 Å². The van der Waals surface area contributed by atoms with Gasteiger partial charge in [-0.2, -0.15) is 0 Å². The fourth-order valence-corrected chi connectivity index (χ4v) is 3.25. The summed E-state index contributed by atoms with van der Waals surface area (Å²) < 4.78 is 18.5. The van der Waals surface area contributed by atoms with Gasteiger partial charge in [0.15, 0.2) is 6.61 Å². The van der Waals surface area contributed by atoms with Gasteiger partial charge in [0, 0.05) is 12.1 Å². The molecule has 0 unspecified atom stereocenters. The molecular weight excluding hydrogens is 335 g/mol. The van der Waals surface area contributed by atoms with E-state index in [0.29, 0.717) is 17.9 Å². The summed E-state index contributed by atoms with van der Waals surface area (Å²) in [6, 6.07) is 12.9. The monoisotopic (exact) mass is 356 g/mol. The van der Waals surface area contributed by atoms with Crippen LogP contribution in [0, 0.1) is 5.82 Å². The Labute approximate surface area is 151 Å². The minimum Gasteiger partial charge on any atom is -0.484 e. The molecule has 6 heteroatoms. The normalized spacial score (nSPS) is 17.0. The molecule has 1 aliphatic heterocycles. The van der Waals surface area contributed by atoms with Crippen LogP contribution in [0.1, 0.15) is 41.2 Å². The lowest BCUT2D eigenvalue weighted by molar-refractivity contribution is -0.119. The van der Waals surface area contributed by atoms with Crippen LogP contribution >= 0.6 is 0 Å². The first-order chi connectivity index (χ1) is 12.5. The number of hydrogen-bond donors (Lipinski definition) is 1. The number of piperidine rings is 1. The zero-order chi connectivity index (χ0) is 18.5. The Morgan fingerprint density at radius 2 is 1.92 bits per heavy atom. The fourth-order valence-electron chi connectivity index (χ4n) is 3.25. The molecule has 1 saturated heterocycles. The molecular formula is C20H21FN2O3.